The van der Waals surface area contributed by atoms with Crippen molar-refractivity contribution in [2.75, 3.05) is 11.9 Å². The molecule has 0 aliphatic rings. The third-order valence-corrected chi connectivity index (χ3v) is 4.04. The maximum absolute atomic E-state index is 12.6. The average Bonchev–Trinajstić information content (AvgIpc) is 2.69. The molecule has 2 aromatic carbocycles. The van der Waals surface area contributed by atoms with E-state index in [0.717, 1.165) is 5.56 Å². The summed E-state index contributed by atoms with van der Waals surface area (Å²) in [7, 11) is 0. The summed E-state index contributed by atoms with van der Waals surface area (Å²) in [5, 5.41) is 7.91. The second kappa shape index (κ2) is 10.5. The van der Waals surface area contributed by atoms with E-state index in [1.165, 1.54) is 24.3 Å². The molecule has 0 saturated heterocycles. The summed E-state index contributed by atoms with van der Waals surface area (Å²) in [5.74, 6) is -0.746. The van der Waals surface area contributed by atoms with Crippen LogP contribution in [0.5, 0.6) is 5.75 Å². The summed E-state index contributed by atoms with van der Waals surface area (Å²) < 4.78 is 41.6. The Labute approximate surface area is 172 Å². The van der Waals surface area contributed by atoms with Crippen LogP contribution in [0.1, 0.15) is 19.4 Å². The molecule has 6 nitrogen and oxygen atoms in total. The summed E-state index contributed by atoms with van der Waals surface area (Å²) >= 11 is 0. The van der Waals surface area contributed by atoms with E-state index < -0.39 is 30.8 Å². The summed E-state index contributed by atoms with van der Waals surface area (Å²) in [5.41, 5.74) is 1.17. The van der Waals surface area contributed by atoms with Crippen LogP contribution in [-0.4, -0.2) is 30.8 Å². The minimum absolute atomic E-state index is 0.0280. The Morgan fingerprint density at radius 3 is 2.37 bits per heavy atom. The van der Waals surface area contributed by atoms with Gasteiger partial charge >= 0.3 is 12.2 Å². The van der Waals surface area contributed by atoms with Crippen LogP contribution in [0.2, 0.25) is 0 Å². The molecule has 0 fully saturated rings. The number of carbonyl (C=O) groups excluding carboxylic acids is 2. The molecule has 1 atom stereocenters. The molecule has 9 heteroatoms. The molecular weight excluding hydrogens is 399 g/mol. The molecular formula is C21H24F3N3O3. The molecule has 2 rings (SSSR count). The zero-order valence-corrected chi connectivity index (χ0v) is 16.6. The first-order chi connectivity index (χ1) is 14.1. The van der Waals surface area contributed by atoms with Crippen molar-refractivity contribution >= 4 is 17.6 Å². The SMILES string of the molecule is CC(C)C(NC(=O)NCc1ccccc1)C(=O)Nc1cccc(OCC(F)(F)F)c1. The van der Waals surface area contributed by atoms with Gasteiger partial charge in [-0.25, -0.2) is 4.79 Å². The molecule has 1 unspecified atom stereocenters. The van der Waals surface area contributed by atoms with Crippen LogP contribution in [0.4, 0.5) is 23.7 Å². The number of hydrogen-bond donors (Lipinski definition) is 3. The van der Waals surface area contributed by atoms with E-state index in [0.29, 0.717) is 6.54 Å². The van der Waals surface area contributed by atoms with Crippen molar-refractivity contribution in [3.05, 3.63) is 60.2 Å². The van der Waals surface area contributed by atoms with Crippen molar-refractivity contribution in [1.82, 2.24) is 10.6 Å². The molecule has 0 heterocycles. The van der Waals surface area contributed by atoms with E-state index in [1.807, 2.05) is 30.3 Å². The standard InChI is InChI=1S/C21H24F3N3O3/c1-14(2)18(27-20(29)25-12-15-7-4-3-5-8-15)19(28)26-16-9-6-10-17(11-16)30-13-21(22,23)24/h3-11,14,18H,12-13H2,1-2H3,(H,26,28)(H2,25,27,29). The molecule has 0 aliphatic carbocycles. The summed E-state index contributed by atoms with van der Waals surface area (Å²) in [6, 6.07) is 13.6. The maximum atomic E-state index is 12.6. The molecule has 0 bridgehead atoms. The second-order valence-corrected chi connectivity index (χ2v) is 6.96. The highest BCUT2D eigenvalue weighted by Crippen LogP contribution is 2.21. The molecule has 0 aromatic heterocycles. The van der Waals surface area contributed by atoms with E-state index in [1.54, 1.807) is 13.8 Å². The van der Waals surface area contributed by atoms with Gasteiger partial charge in [0.05, 0.1) is 0 Å². The van der Waals surface area contributed by atoms with Crippen LogP contribution in [0.25, 0.3) is 0 Å². The van der Waals surface area contributed by atoms with Crippen molar-refractivity contribution in [3.63, 3.8) is 0 Å². The van der Waals surface area contributed by atoms with Gasteiger partial charge in [-0.15, -0.1) is 0 Å². The number of alkyl halides is 3. The Bertz CT molecular complexity index is 842. The Morgan fingerprint density at radius 2 is 1.73 bits per heavy atom. The van der Waals surface area contributed by atoms with Gasteiger partial charge in [0, 0.05) is 18.3 Å². The highest BCUT2D eigenvalue weighted by Gasteiger charge is 2.28. The third-order valence-electron chi connectivity index (χ3n) is 4.04. The zero-order valence-electron chi connectivity index (χ0n) is 16.6. The van der Waals surface area contributed by atoms with Crippen LogP contribution in [0.15, 0.2) is 54.6 Å². The number of ether oxygens (including phenoxy) is 1. The van der Waals surface area contributed by atoms with Gasteiger partial charge in [0.15, 0.2) is 6.61 Å². The highest BCUT2D eigenvalue weighted by molar-refractivity contribution is 5.97. The number of halogens is 3. The van der Waals surface area contributed by atoms with Gasteiger partial charge in [-0.3, -0.25) is 4.79 Å². The predicted molar refractivity (Wildman–Crippen MR) is 107 cm³/mol. The molecule has 0 aliphatic heterocycles. The lowest BCUT2D eigenvalue weighted by molar-refractivity contribution is -0.153. The van der Waals surface area contributed by atoms with E-state index in [4.69, 9.17) is 0 Å². The fourth-order valence-corrected chi connectivity index (χ4v) is 2.55. The average molecular weight is 423 g/mol. The van der Waals surface area contributed by atoms with Crippen molar-refractivity contribution in [2.45, 2.75) is 32.6 Å². The number of urea groups is 1. The number of carbonyl (C=O) groups is 2. The van der Waals surface area contributed by atoms with E-state index >= 15 is 0 Å². The van der Waals surface area contributed by atoms with Crippen LogP contribution in [-0.2, 0) is 11.3 Å². The number of nitrogens with one attached hydrogen (secondary N) is 3. The predicted octanol–water partition coefficient (Wildman–Crippen LogP) is 4.09. The highest BCUT2D eigenvalue weighted by atomic mass is 19.4. The van der Waals surface area contributed by atoms with Crippen LogP contribution in [0.3, 0.4) is 0 Å². The number of anilines is 1. The third kappa shape index (κ3) is 8.02. The summed E-state index contributed by atoms with van der Waals surface area (Å²) in [4.78, 5) is 24.8. The Hall–Kier alpha value is -3.23. The molecule has 0 spiro atoms. The lowest BCUT2D eigenvalue weighted by atomic mass is 10.0. The molecule has 2 aromatic rings. The number of hydrogen-bond acceptors (Lipinski definition) is 3. The Kier molecular flexibility index (Phi) is 8.08. The number of benzene rings is 2. The number of rotatable bonds is 8. The van der Waals surface area contributed by atoms with Gasteiger partial charge in [0.1, 0.15) is 11.8 Å². The lowest BCUT2D eigenvalue weighted by Crippen LogP contribution is -2.50. The largest absolute Gasteiger partial charge is 0.484 e. The van der Waals surface area contributed by atoms with Crippen molar-refractivity contribution in [2.24, 2.45) is 5.92 Å². The molecule has 0 radical (unpaired) electrons. The van der Waals surface area contributed by atoms with Crippen molar-refractivity contribution in [3.8, 4) is 5.75 Å². The summed E-state index contributed by atoms with van der Waals surface area (Å²) in [6.07, 6.45) is -4.46. The Balaban J connectivity index is 1.94. The van der Waals surface area contributed by atoms with Crippen LogP contribution >= 0.6 is 0 Å². The topological polar surface area (TPSA) is 79.5 Å². The first-order valence-electron chi connectivity index (χ1n) is 9.33. The normalized spacial score (nSPS) is 12.2. The minimum atomic E-state index is -4.46. The minimum Gasteiger partial charge on any atom is -0.484 e. The zero-order chi connectivity index (χ0) is 22.1. The maximum Gasteiger partial charge on any atom is 0.422 e. The van der Waals surface area contributed by atoms with Gasteiger partial charge in [-0.05, 0) is 23.6 Å². The first-order valence-corrected chi connectivity index (χ1v) is 9.33. The van der Waals surface area contributed by atoms with Gasteiger partial charge in [-0.2, -0.15) is 13.2 Å². The van der Waals surface area contributed by atoms with Gasteiger partial charge < -0.3 is 20.7 Å². The van der Waals surface area contributed by atoms with Crippen molar-refractivity contribution in [1.29, 1.82) is 0 Å². The fraction of sp³-hybridized carbons (Fsp3) is 0.333. The molecule has 3 amide bonds. The van der Waals surface area contributed by atoms with E-state index in [-0.39, 0.29) is 17.4 Å². The van der Waals surface area contributed by atoms with Gasteiger partial charge in [-0.1, -0.05) is 50.2 Å². The van der Waals surface area contributed by atoms with Crippen LogP contribution in [0, 0.1) is 5.92 Å². The van der Waals surface area contributed by atoms with Gasteiger partial charge in [0.2, 0.25) is 5.91 Å². The fourth-order valence-electron chi connectivity index (χ4n) is 2.55. The summed E-state index contributed by atoms with van der Waals surface area (Å²) in [6.45, 7) is 2.41. The van der Waals surface area contributed by atoms with Crippen molar-refractivity contribution < 1.29 is 27.5 Å². The molecule has 3 N–H and O–H groups in total. The lowest BCUT2D eigenvalue weighted by Gasteiger charge is -2.22. The monoisotopic (exact) mass is 423 g/mol. The van der Waals surface area contributed by atoms with E-state index in [2.05, 4.69) is 20.7 Å². The Morgan fingerprint density at radius 1 is 1.03 bits per heavy atom. The number of amides is 3. The quantitative estimate of drug-likeness (QED) is 0.598. The molecule has 0 saturated carbocycles. The smallest absolute Gasteiger partial charge is 0.422 e. The molecule has 162 valence electrons. The second-order valence-electron chi connectivity index (χ2n) is 6.96. The van der Waals surface area contributed by atoms with Crippen LogP contribution < -0.4 is 20.7 Å². The first kappa shape index (κ1) is 23.1. The van der Waals surface area contributed by atoms with E-state index in [9.17, 15) is 22.8 Å². The molecule has 30 heavy (non-hydrogen) atoms. The van der Waals surface area contributed by atoms with Gasteiger partial charge in [0.25, 0.3) is 0 Å².